The van der Waals surface area contributed by atoms with Crippen LogP contribution >= 0.6 is 11.6 Å². The van der Waals surface area contributed by atoms with Crippen LogP contribution in [0.1, 0.15) is 17.0 Å². The smallest absolute Gasteiger partial charge is 0.310 e. The number of benzene rings is 2. The molecule has 1 saturated heterocycles. The largest absolute Gasteiger partial charge is 0.469 e. The van der Waals surface area contributed by atoms with Gasteiger partial charge in [0.25, 0.3) is 0 Å². The zero-order valence-electron chi connectivity index (χ0n) is 13.4. The molecule has 24 heavy (non-hydrogen) atoms. The number of nitrogens with zero attached hydrogens (tertiary/aromatic N) is 1. The lowest BCUT2D eigenvalue weighted by Gasteiger charge is -2.17. The van der Waals surface area contributed by atoms with E-state index in [0.29, 0.717) is 13.1 Å². The molecule has 1 heterocycles. The Kier molecular flexibility index (Phi) is 5.17. The number of likely N-dealkylation sites (tertiary alicyclic amines) is 1. The number of carbonyl (C=O) groups is 1. The van der Waals surface area contributed by atoms with E-state index in [9.17, 15) is 9.18 Å². The molecule has 0 spiro atoms. The van der Waals surface area contributed by atoms with Gasteiger partial charge in [0, 0.05) is 25.6 Å². The summed E-state index contributed by atoms with van der Waals surface area (Å²) in [4.78, 5) is 14.4. The Morgan fingerprint density at radius 3 is 2.67 bits per heavy atom. The standard InChI is InChI=1S/C19H19ClFNO2/c1-24-19(23)16-12-22(10-13-5-3-2-4-6-13)11-15(16)14-7-8-17(20)18(21)9-14/h2-9,15-16H,10-12H2,1H3. The van der Waals surface area contributed by atoms with E-state index < -0.39 is 5.82 Å². The fourth-order valence-corrected chi connectivity index (χ4v) is 3.44. The van der Waals surface area contributed by atoms with Crippen LogP contribution < -0.4 is 0 Å². The predicted octanol–water partition coefficient (Wildman–Crippen LogP) is 3.87. The Morgan fingerprint density at radius 2 is 2.00 bits per heavy atom. The third-order valence-corrected chi connectivity index (χ3v) is 4.83. The lowest BCUT2D eigenvalue weighted by Crippen LogP contribution is -2.24. The second-order valence-electron chi connectivity index (χ2n) is 6.09. The first-order chi connectivity index (χ1) is 11.6. The molecule has 0 radical (unpaired) electrons. The van der Waals surface area contributed by atoms with Crippen molar-refractivity contribution in [3.63, 3.8) is 0 Å². The van der Waals surface area contributed by atoms with Crippen LogP contribution in [-0.4, -0.2) is 31.1 Å². The number of ether oxygens (including phenoxy) is 1. The zero-order chi connectivity index (χ0) is 17.1. The van der Waals surface area contributed by atoms with Gasteiger partial charge in [-0.05, 0) is 23.3 Å². The molecule has 0 N–H and O–H groups in total. The highest BCUT2D eigenvalue weighted by atomic mass is 35.5. The molecule has 2 aromatic carbocycles. The minimum Gasteiger partial charge on any atom is -0.469 e. The van der Waals surface area contributed by atoms with Crippen molar-refractivity contribution in [3.05, 3.63) is 70.5 Å². The first-order valence-corrected chi connectivity index (χ1v) is 8.25. The van der Waals surface area contributed by atoms with E-state index in [2.05, 4.69) is 17.0 Å². The van der Waals surface area contributed by atoms with E-state index in [1.807, 2.05) is 18.2 Å². The molecule has 5 heteroatoms. The minimum absolute atomic E-state index is 0.0903. The van der Waals surface area contributed by atoms with Gasteiger partial charge in [-0.25, -0.2) is 4.39 Å². The Labute approximate surface area is 146 Å². The molecule has 3 nitrogen and oxygen atoms in total. The maximum absolute atomic E-state index is 13.8. The number of hydrogen-bond acceptors (Lipinski definition) is 3. The van der Waals surface area contributed by atoms with E-state index >= 15 is 0 Å². The summed E-state index contributed by atoms with van der Waals surface area (Å²) in [6, 6.07) is 14.8. The molecule has 2 aromatic rings. The van der Waals surface area contributed by atoms with Gasteiger partial charge in [-0.15, -0.1) is 0 Å². The average molecular weight is 348 g/mol. The van der Waals surface area contributed by atoms with Gasteiger partial charge in [-0.2, -0.15) is 0 Å². The number of hydrogen-bond donors (Lipinski definition) is 0. The molecule has 2 unspecified atom stereocenters. The van der Waals surface area contributed by atoms with Crippen LogP contribution in [0.2, 0.25) is 5.02 Å². The van der Waals surface area contributed by atoms with Gasteiger partial charge >= 0.3 is 5.97 Å². The number of rotatable bonds is 4. The van der Waals surface area contributed by atoms with E-state index in [4.69, 9.17) is 16.3 Å². The topological polar surface area (TPSA) is 29.5 Å². The second kappa shape index (κ2) is 7.32. The van der Waals surface area contributed by atoms with E-state index in [1.165, 1.54) is 18.7 Å². The van der Waals surface area contributed by atoms with Gasteiger partial charge in [0.15, 0.2) is 0 Å². The summed E-state index contributed by atoms with van der Waals surface area (Å²) in [5.74, 6) is -1.13. The van der Waals surface area contributed by atoms with Crippen molar-refractivity contribution in [1.29, 1.82) is 0 Å². The molecule has 1 aliphatic heterocycles. The SMILES string of the molecule is COC(=O)C1CN(Cc2ccccc2)CC1c1ccc(Cl)c(F)c1. The molecule has 0 saturated carbocycles. The summed E-state index contributed by atoms with van der Waals surface area (Å²) in [6.45, 7) is 2.02. The van der Waals surface area contributed by atoms with Crippen molar-refractivity contribution in [2.24, 2.45) is 5.92 Å². The van der Waals surface area contributed by atoms with Crippen LogP contribution in [0.3, 0.4) is 0 Å². The molecule has 1 aliphatic rings. The van der Waals surface area contributed by atoms with E-state index in [0.717, 1.165) is 12.1 Å². The molecule has 0 bridgehead atoms. The van der Waals surface area contributed by atoms with Crippen molar-refractivity contribution in [3.8, 4) is 0 Å². The molecular weight excluding hydrogens is 329 g/mol. The predicted molar refractivity (Wildman–Crippen MR) is 91.4 cm³/mol. The lowest BCUT2D eigenvalue weighted by atomic mass is 9.89. The molecule has 2 atom stereocenters. The molecular formula is C19H19ClFNO2. The minimum atomic E-state index is -0.459. The van der Waals surface area contributed by atoms with Crippen molar-refractivity contribution in [2.45, 2.75) is 12.5 Å². The number of halogens is 2. The normalized spacial score (nSPS) is 21.0. The van der Waals surface area contributed by atoms with Crippen LogP contribution in [0, 0.1) is 11.7 Å². The third-order valence-electron chi connectivity index (χ3n) is 4.52. The van der Waals surface area contributed by atoms with Gasteiger partial charge < -0.3 is 4.74 Å². The maximum atomic E-state index is 13.8. The summed E-state index contributed by atoms with van der Waals surface area (Å²) in [7, 11) is 1.39. The fraction of sp³-hybridized carbons (Fsp3) is 0.316. The molecule has 3 rings (SSSR count). The first-order valence-electron chi connectivity index (χ1n) is 7.87. The average Bonchev–Trinajstić information content (AvgIpc) is 3.01. The van der Waals surface area contributed by atoms with Gasteiger partial charge in [0.2, 0.25) is 0 Å². The quantitative estimate of drug-likeness (QED) is 0.786. The summed E-state index contributed by atoms with van der Waals surface area (Å²) in [5.41, 5.74) is 1.96. The number of methoxy groups -OCH3 is 1. The Morgan fingerprint density at radius 1 is 1.25 bits per heavy atom. The summed E-state index contributed by atoms with van der Waals surface area (Å²) in [6.07, 6.45) is 0. The van der Waals surface area contributed by atoms with E-state index in [1.54, 1.807) is 12.1 Å². The Bertz CT molecular complexity index is 723. The maximum Gasteiger partial charge on any atom is 0.310 e. The highest BCUT2D eigenvalue weighted by Gasteiger charge is 2.39. The highest BCUT2D eigenvalue weighted by molar-refractivity contribution is 6.30. The molecule has 0 amide bonds. The van der Waals surface area contributed by atoms with Crippen LogP contribution in [0.15, 0.2) is 48.5 Å². The van der Waals surface area contributed by atoms with Crippen molar-refractivity contribution in [2.75, 3.05) is 20.2 Å². The summed E-state index contributed by atoms with van der Waals surface area (Å²) < 4.78 is 18.8. The Balaban J connectivity index is 1.82. The summed E-state index contributed by atoms with van der Waals surface area (Å²) >= 11 is 5.77. The fourth-order valence-electron chi connectivity index (χ4n) is 3.33. The monoisotopic (exact) mass is 347 g/mol. The van der Waals surface area contributed by atoms with Gasteiger partial charge in [0.05, 0.1) is 18.1 Å². The molecule has 126 valence electrons. The van der Waals surface area contributed by atoms with Gasteiger partial charge in [-0.1, -0.05) is 48.0 Å². The number of esters is 1. The zero-order valence-corrected chi connectivity index (χ0v) is 14.2. The van der Waals surface area contributed by atoms with E-state index in [-0.39, 0.29) is 22.8 Å². The summed E-state index contributed by atoms with van der Waals surface area (Å²) in [5, 5.41) is 0.0903. The van der Waals surface area contributed by atoms with Crippen LogP contribution in [0.25, 0.3) is 0 Å². The Hall–Kier alpha value is -1.91. The van der Waals surface area contributed by atoms with Gasteiger partial charge in [-0.3, -0.25) is 9.69 Å². The lowest BCUT2D eigenvalue weighted by molar-refractivity contribution is -0.145. The molecule has 1 fully saturated rings. The molecule has 0 aromatic heterocycles. The number of carbonyl (C=O) groups excluding carboxylic acids is 1. The van der Waals surface area contributed by atoms with Crippen LogP contribution in [-0.2, 0) is 16.1 Å². The highest BCUT2D eigenvalue weighted by Crippen LogP contribution is 2.35. The third kappa shape index (κ3) is 3.60. The van der Waals surface area contributed by atoms with Crippen molar-refractivity contribution < 1.29 is 13.9 Å². The first kappa shape index (κ1) is 16.9. The molecule has 0 aliphatic carbocycles. The second-order valence-corrected chi connectivity index (χ2v) is 6.50. The van der Waals surface area contributed by atoms with Crippen molar-refractivity contribution >= 4 is 17.6 Å². The van der Waals surface area contributed by atoms with Crippen LogP contribution in [0.4, 0.5) is 4.39 Å². The van der Waals surface area contributed by atoms with Crippen molar-refractivity contribution in [1.82, 2.24) is 4.90 Å². The van der Waals surface area contributed by atoms with Gasteiger partial charge in [0.1, 0.15) is 5.82 Å². The van der Waals surface area contributed by atoms with Crippen LogP contribution in [0.5, 0.6) is 0 Å².